The summed E-state index contributed by atoms with van der Waals surface area (Å²) in [5.41, 5.74) is 1.51. The molecule has 2 heterocycles. The van der Waals surface area contributed by atoms with Crippen LogP contribution in [0.1, 0.15) is 23.2 Å². The van der Waals surface area contributed by atoms with Crippen LogP contribution < -0.4 is 4.74 Å². The van der Waals surface area contributed by atoms with Gasteiger partial charge in [-0.2, -0.15) is 0 Å². The van der Waals surface area contributed by atoms with Gasteiger partial charge in [-0.3, -0.25) is 9.78 Å². The number of benzene rings is 2. The van der Waals surface area contributed by atoms with Crippen molar-refractivity contribution in [1.29, 1.82) is 0 Å². The van der Waals surface area contributed by atoms with Crippen LogP contribution in [0.25, 0.3) is 10.9 Å². The third-order valence-corrected chi connectivity index (χ3v) is 6.57. The minimum Gasteiger partial charge on any atom is -0.488 e. The van der Waals surface area contributed by atoms with E-state index in [-0.39, 0.29) is 17.9 Å². The van der Waals surface area contributed by atoms with Gasteiger partial charge in [0.05, 0.1) is 11.6 Å². The fourth-order valence-electron chi connectivity index (χ4n) is 4.86. The molecule has 1 saturated carbocycles. The highest BCUT2D eigenvalue weighted by atomic mass is 35.5. The van der Waals surface area contributed by atoms with Gasteiger partial charge in [0.1, 0.15) is 11.9 Å². The molecule has 30 heavy (non-hydrogen) atoms. The van der Waals surface area contributed by atoms with Crippen LogP contribution in [0.3, 0.4) is 0 Å². The number of rotatable bonds is 3. The summed E-state index contributed by atoms with van der Waals surface area (Å²) in [5.74, 6) is 1.30. The maximum atomic E-state index is 13.3. The number of aliphatic hydroxyl groups excluding tert-OH is 1. The molecule has 1 N–H and O–H groups in total. The summed E-state index contributed by atoms with van der Waals surface area (Å²) in [7, 11) is 0. The number of likely N-dealkylation sites (tertiary alicyclic amines) is 1. The van der Waals surface area contributed by atoms with Gasteiger partial charge in [0.2, 0.25) is 0 Å². The van der Waals surface area contributed by atoms with Crippen LogP contribution in [-0.4, -0.2) is 46.2 Å². The summed E-state index contributed by atoms with van der Waals surface area (Å²) in [6, 6.07) is 16.7. The normalized spacial score (nSPS) is 25.9. The average molecular weight is 423 g/mol. The Kier molecular flexibility index (Phi) is 5.09. The first-order valence-corrected chi connectivity index (χ1v) is 10.7. The van der Waals surface area contributed by atoms with E-state index in [1.165, 1.54) is 0 Å². The Morgan fingerprint density at radius 3 is 2.70 bits per heavy atom. The molecule has 0 radical (unpaired) electrons. The van der Waals surface area contributed by atoms with Crippen LogP contribution in [0.15, 0.2) is 60.8 Å². The zero-order valence-electron chi connectivity index (χ0n) is 16.4. The number of hydrogen-bond acceptors (Lipinski definition) is 4. The summed E-state index contributed by atoms with van der Waals surface area (Å²) in [5, 5.41) is 12.1. The summed E-state index contributed by atoms with van der Waals surface area (Å²) in [6.07, 6.45) is 2.25. The van der Waals surface area contributed by atoms with Crippen molar-refractivity contribution in [1.82, 2.24) is 9.88 Å². The lowest BCUT2D eigenvalue weighted by molar-refractivity contribution is -0.0231. The lowest BCUT2D eigenvalue weighted by Gasteiger charge is -2.35. The number of carbonyl (C=O) groups excluding carboxylic acids is 1. The number of halogens is 1. The molecule has 4 atom stereocenters. The van der Waals surface area contributed by atoms with Crippen molar-refractivity contribution in [3.63, 3.8) is 0 Å². The molecule has 2 fully saturated rings. The SMILES string of the molecule is O=C(c1cccc2ncccc12)N1C[C@H]2C[C@@H](Oc3cccc(Cl)c3)[C@H](O)C[C@H]2C1. The monoisotopic (exact) mass is 422 g/mol. The van der Waals surface area contributed by atoms with E-state index in [4.69, 9.17) is 16.3 Å². The minimum absolute atomic E-state index is 0.0322. The number of nitrogens with zero attached hydrogens (tertiary/aromatic N) is 2. The van der Waals surface area contributed by atoms with Crippen molar-refractivity contribution < 1.29 is 14.6 Å². The van der Waals surface area contributed by atoms with E-state index >= 15 is 0 Å². The van der Waals surface area contributed by atoms with Gasteiger partial charge >= 0.3 is 0 Å². The second-order valence-corrected chi connectivity index (χ2v) is 8.69. The Labute approximate surface area is 180 Å². The Morgan fingerprint density at radius 1 is 1.07 bits per heavy atom. The second-order valence-electron chi connectivity index (χ2n) is 8.26. The first-order valence-electron chi connectivity index (χ1n) is 10.3. The first-order chi connectivity index (χ1) is 14.6. The first kappa shape index (κ1) is 19.3. The molecule has 5 rings (SSSR count). The lowest BCUT2D eigenvalue weighted by atomic mass is 9.78. The Bertz CT molecular complexity index is 1080. The van der Waals surface area contributed by atoms with Crippen LogP contribution in [0, 0.1) is 11.8 Å². The molecular formula is C24H23ClN2O3. The number of ether oxygens (including phenoxy) is 1. The van der Waals surface area contributed by atoms with Gasteiger partial charge in [-0.05, 0) is 61.1 Å². The fraction of sp³-hybridized carbons (Fsp3) is 0.333. The van der Waals surface area contributed by atoms with E-state index in [0.29, 0.717) is 41.8 Å². The number of hydrogen-bond donors (Lipinski definition) is 1. The summed E-state index contributed by atoms with van der Waals surface area (Å²) in [4.78, 5) is 19.6. The van der Waals surface area contributed by atoms with Gasteiger partial charge in [-0.25, -0.2) is 0 Å². The van der Waals surface area contributed by atoms with Crippen molar-refractivity contribution in [2.45, 2.75) is 25.0 Å². The summed E-state index contributed by atoms with van der Waals surface area (Å²) >= 11 is 6.05. The maximum Gasteiger partial charge on any atom is 0.254 e. The summed E-state index contributed by atoms with van der Waals surface area (Å²) < 4.78 is 6.05. The maximum absolute atomic E-state index is 13.3. The van der Waals surface area contributed by atoms with E-state index < -0.39 is 6.10 Å². The molecule has 3 aromatic rings. The number of fused-ring (bicyclic) bond motifs is 2. The predicted octanol–water partition coefficient (Wildman–Crippen LogP) is 4.18. The molecular weight excluding hydrogens is 400 g/mol. The molecule has 2 aliphatic rings. The standard InChI is InChI=1S/C24H23ClN2O3/c25-17-4-1-5-18(12-17)30-23-11-16-14-27(13-15(16)10-22(23)28)24(29)20-6-2-8-21-19(20)7-3-9-26-21/h1-9,12,15-16,22-23,28H,10-11,13-14H2/t15-,16+,22+,23+/m0/s1. The average Bonchev–Trinajstić information content (AvgIpc) is 3.16. The van der Waals surface area contributed by atoms with Crippen LogP contribution >= 0.6 is 11.6 Å². The number of aliphatic hydroxyl groups is 1. The number of amides is 1. The zero-order valence-corrected chi connectivity index (χ0v) is 17.2. The third-order valence-electron chi connectivity index (χ3n) is 6.33. The van der Waals surface area contributed by atoms with Crippen LogP contribution in [0.5, 0.6) is 5.75 Å². The Hall–Kier alpha value is -2.63. The molecule has 0 bridgehead atoms. The van der Waals surface area contributed by atoms with Gasteiger partial charge in [0.25, 0.3) is 5.91 Å². The predicted molar refractivity (Wildman–Crippen MR) is 116 cm³/mol. The molecule has 5 nitrogen and oxygen atoms in total. The van der Waals surface area contributed by atoms with Crippen LogP contribution in [0.4, 0.5) is 0 Å². The van der Waals surface area contributed by atoms with Crippen LogP contribution in [0.2, 0.25) is 5.02 Å². The van der Waals surface area contributed by atoms with Crippen LogP contribution in [-0.2, 0) is 0 Å². The van der Waals surface area contributed by atoms with Gasteiger partial charge in [0.15, 0.2) is 0 Å². The van der Waals surface area contributed by atoms with E-state index in [9.17, 15) is 9.90 Å². The molecule has 1 saturated heterocycles. The van der Waals surface area contributed by atoms with E-state index in [2.05, 4.69) is 4.98 Å². The molecule has 0 unspecified atom stereocenters. The minimum atomic E-state index is -0.554. The van der Waals surface area contributed by atoms with Gasteiger partial charge in [-0.1, -0.05) is 29.8 Å². The number of pyridine rings is 1. The molecule has 154 valence electrons. The summed E-state index contributed by atoms with van der Waals surface area (Å²) in [6.45, 7) is 1.35. The van der Waals surface area contributed by atoms with Gasteiger partial charge in [-0.15, -0.1) is 0 Å². The number of aromatic nitrogens is 1. The Morgan fingerprint density at radius 2 is 1.87 bits per heavy atom. The van der Waals surface area contributed by atoms with Crippen molar-refractivity contribution in [2.75, 3.05) is 13.1 Å². The molecule has 1 amide bonds. The van der Waals surface area contributed by atoms with E-state index in [0.717, 1.165) is 17.3 Å². The van der Waals surface area contributed by atoms with Crippen molar-refractivity contribution >= 4 is 28.4 Å². The molecule has 1 aliphatic heterocycles. The number of carbonyl (C=O) groups is 1. The van der Waals surface area contributed by atoms with Crippen molar-refractivity contribution in [3.05, 3.63) is 71.4 Å². The van der Waals surface area contributed by atoms with E-state index in [1.807, 2.05) is 47.4 Å². The van der Waals surface area contributed by atoms with Crippen molar-refractivity contribution in [2.24, 2.45) is 11.8 Å². The lowest BCUT2D eigenvalue weighted by Crippen LogP contribution is -2.42. The fourth-order valence-corrected chi connectivity index (χ4v) is 5.04. The third kappa shape index (κ3) is 3.64. The smallest absolute Gasteiger partial charge is 0.254 e. The zero-order chi connectivity index (χ0) is 20.7. The second kappa shape index (κ2) is 7.89. The molecule has 2 aromatic carbocycles. The van der Waals surface area contributed by atoms with Crippen molar-refractivity contribution in [3.8, 4) is 5.75 Å². The van der Waals surface area contributed by atoms with E-state index in [1.54, 1.807) is 18.3 Å². The highest BCUT2D eigenvalue weighted by molar-refractivity contribution is 6.30. The quantitative estimate of drug-likeness (QED) is 0.687. The van der Waals surface area contributed by atoms with Gasteiger partial charge < -0.3 is 14.7 Å². The highest BCUT2D eigenvalue weighted by Gasteiger charge is 2.44. The highest BCUT2D eigenvalue weighted by Crippen LogP contribution is 2.39. The molecule has 0 spiro atoms. The largest absolute Gasteiger partial charge is 0.488 e. The molecule has 6 heteroatoms. The molecule has 1 aromatic heterocycles. The van der Waals surface area contributed by atoms with Gasteiger partial charge in [0, 0.05) is 35.3 Å². The molecule has 1 aliphatic carbocycles. The topological polar surface area (TPSA) is 62.7 Å². The Balaban J connectivity index is 1.31.